The van der Waals surface area contributed by atoms with E-state index in [4.69, 9.17) is 4.74 Å². The van der Waals surface area contributed by atoms with Gasteiger partial charge in [0.25, 0.3) is 5.91 Å². The highest BCUT2D eigenvalue weighted by Gasteiger charge is 2.08. The van der Waals surface area contributed by atoms with Crippen molar-refractivity contribution in [3.63, 3.8) is 0 Å². The highest BCUT2D eigenvalue weighted by molar-refractivity contribution is 7.13. The van der Waals surface area contributed by atoms with Crippen molar-refractivity contribution in [3.8, 4) is 5.75 Å². The van der Waals surface area contributed by atoms with Gasteiger partial charge >= 0.3 is 0 Å². The smallest absolute Gasteiger partial charge is 0.257 e. The van der Waals surface area contributed by atoms with E-state index in [-0.39, 0.29) is 12.0 Å². The van der Waals surface area contributed by atoms with Crippen LogP contribution in [0.4, 0.5) is 5.13 Å². The molecule has 0 aliphatic heterocycles. The Bertz CT molecular complexity index is 524. The number of hydrogen-bond acceptors (Lipinski definition) is 4. The number of carbonyl (C=O) groups is 1. The summed E-state index contributed by atoms with van der Waals surface area (Å²) in [6.45, 7) is 3.89. The van der Waals surface area contributed by atoms with Crippen LogP contribution in [0.25, 0.3) is 0 Å². The standard InChI is InChI=1S/C13H14N2O2S/c1-9(2)17-11-5-3-4-10(8-11)12(16)15-13-14-6-7-18-13/h3-9H,1-2H3,(H,14,15,16). The second-order valence-corrected chi connectivity index (χ2v) is 4.88. The molecule has 94 valence electrons. The normalized spacial score (nSPS) is 10.4. The molecule has 0 radical (unpaired) electrons. The molecule has 0 unspecified atom stereocenters. The first-order chi connectivity index (χ1) is 8.65. The van der Waals surface area contributed by atoms with Crippen molar-refractivity contribution in [2.75, 3.05) is 5.32 Å². The number of thiazole rings is 1. The Labute approximate surface area is 110 Å². The minimum Gasteiger partial charge on any atom is -0.491 e. The average Bonchev–Trinajstić information content (AvgIpc) is 2.81. The average molecular weight is 262 g/mol. The van der Waals surface area contributed by atoms with Crippen LogP contribution in [0.15, 0.2) is 35.8 Å². The maximum absolute atomic E-state index is 12.0. The lowest BCUT2D eigenvalue weighted by atomic mass is 10.2. The highest BCUT2D eigenvalue weighted by atomic mass is 32.1. The third-order valence-electron chi connectivity index (χ3n) is 2.12. The zero-order chi connectivity index (χ0) is 13.0. The van der Waals surface area contributed by atoms with Crippen LogP contribution in [0.3, 0.4) is 0 Å². The van der Waals surface area contributed by atoms with Crippen molar-refractivity contribution in [2.24, 2.45) is 0 Å². The van der Waals surface area contributed by atoms with E-state index < -0.39 is 0 Å². The highest BCUT2D eigenvalue weighted by Crippen LogP contribution is 2.17. The van der Waals surface area contributed by atoms with Crippen LogP contribution in [0.5, 0.6) is 5.75 Å². The van der Waals surface area contributed by atoms with E-state index in [1.165, 1.54) is 11.3 Å². The summed E-state index contributed by atoms with van der Waals surface area (Å²) in [5.41, 5.74) is 0.559. The number of anilines is 1. The fourth-order valence-electron chi connectivity index (χ4n) is 1.44. The Hall–Kier alpha value is -1.88. The molecule has 0 aliphatic carbocycles. The van der Waals surface area contributed by atoms with Gasteiger partial charge in [0.05, 0.1) is 6.10 Å². The maximum atomic E-state index is 12.0. The van der Waals surface area contributed by atoms with Crippen LogP contribution >= 0.6 is 11.3 Å². The first-order valence-corrected chi connectivity index (χ1v) is 6.50. The van der Waals surface area contributed by atoms with Gasteiger partial charge < -0.3 is 4.74 Å². The van der Waals surface area contributed by atoms with Gasteiger partial charge in [0, 0.05) is 17.1 Å². The largest absolute Gasteiger partial charge is 0.491 e. The second kappa shape index (κ2) is 5.64. The Balaban J connectivity index is 2.10. The van der Waals surface area contributed by atoms with E-state index in [1.807, 2.05) is 25.3 Å². The van der Waals surface area contributed by atoms with Gasteiger partial charge in [-0.3, -0.25) is 10.1 Å². The second-order valence-electron chi connectivity index (χ2n) is 3.99. The van der Waals surface area contributed by atoms with Crippen LogP contribution in [-0.2, 0) is 0 Å². The van der Waals surface area contributed by atoms with Gasteiger partial charge in [-0.1, -0.05) is 6.07 Å². The first-order valence-electron chi connectivity index (χ1n) is 5.62. The fourth-order valence-corrected chi connectivity index (χ4v) is 1.96. The van der Waals surface area contributed by atoms with Gasteiger partial charge in [-0.05, 0) is 32.0 Å². The number of ether oxygens (including phenoxy) is 1. The number of benzene rings is 1. The molecule has 0 atom stereocenters. The Kier molecular flexibility index (Phi) is 3.94. The zero-order valence-electron chi connectivity index (χ0n) is 10.2. The van der Waals surface area contributed by atoms with Crippen LogP contribution in [0, 0.1) is 0 Å². The molecule has 0 spiro atoms. The summed E-state index contributed by atoms with van der Waals surface area (Å²) in [7, 11) is 0. The lowest BCUT2D eigenvalue weighted by Gasteiger charge is -2.10. The van der Waals surface area contributed by atoms with Crippen molar-refractivity contribution in [1.82, 2.24) is 4.98 Å². The summed E-state index contributed by atoms with van der Waals surface area (Å²) in [6, 6.07) is 7.10. The van der Waals surface area contributed by atoms with Crippen LogP contribution in [-0.4, -0.2) is 17.0 Å². The van der Waals surface area contributed by atoms with Gasteiger partial charge in [0.2, 0.25) is 0 Å². The number of nitrogens with one attached hydrogen (secondary N) is 1. The summed E-state index contributed by atoms with van der Waals surface area (Å²) in [5.74, 6) is 0.510. The van der Waals surface area contributed by atoms with Crippen molar-refractivity contribution in [2.45, 2.75) is 20.0 Å². The van der Waals surface area contributed by atoms with Crippen molar-refractivity contribution < 1.29 is 9.53 Å². The SMILES string of the molecule is CC(C)Oc1cccc(C(=O)Nc2nccs2)c1. The summed E-state index contributed by atoms with van der Waals surface area (Å²) in [6.07, 6.45) is 1.74. The molecule has 0 saturated carbocycles. The van der Waals surface area contributed by atoms with E-state index in [0.717, 1.165) is 0 Å². The topological polar surface area (TPSA) is 51.2 Å². The van der Waals surface area contributed by atoms with Crippen molar-refractivity contribution in [1.29, 1.82) is 0 Å². The number of aromatic nitrogens is 1. The van der Waals surface area contributed by atoms with E-state index in [9.17, 15) is 4.79 Å². The molecule has 4 nitrogen and oxygen atoms in total. The molecule has 0 bridgehead atoms. The molecule has 0 aliphatic rings. The van der Waals surface area contributed by atoms with Gasteiger partial charge in [0.1, 0.15) is 5.75 Å². The molecule has 0 saturated heterocycles. The predicted molar refractivity (Wildman–Crippen MR) is 72.3 cm³/mol. The lowest BCUT2D eigenvalue weighted by molar-refractivity contribution is 0.102. The minimum atomic E-state index is -0.181. The molecule has 2 rings (SSSR count). The number of carbonyl (C=O) groups excluding carboxylic acids is 1. The third kappa shape index (κ3) is 3.30. The van der Waals surface area contributed by atoms with E-state index in [2.05, 4.69) is 10.3 Å². The molecular formula is C13H14N2O2S. The molecule has 2 aromatic rings. The van der Waals surface area contributed by atoms with Gasteiger partial charge in [-0.25, -0.2) is 4.98 Å². The Morgan fingerprint density at radius 2 is 2.28 bits per heavy atom. The molecule has 18 heavy (non-hydrogen) atoms. The monoisotopic (exact) mass is 262 g/mol. The number of hydrogen-bond donors (Lipinski definition) is 1. The molecule has 1 amide bonds. The molecule has 1 aromatic carbocycles. The third-order valence-corrected chi connectivity index (χ3v) is 2.81. The first kappa shape index (κ1) is 12.6. The molecule has 5 heteroatoms. The van der Waals surface area contributed by atoms with Gasteiger partial charge in [0.15, 0.2) is 5.13 Å². The van der Waals surface area contributed by atoms with Crippen LogP contribution in [0.1, 0.15) is 24.2 Å². The van der Waals surface area contributed by atoms with Gasteiger partial charge in [-0.2, -0.15) is 0 Å². The summed E-state index contributed by atoms with van der Waals surface area (Å²) in [4.78, 5) is 16.0. The fraction of sp³-hybridized carbons (Fsp3) is 0.231. The molecule has 1 aromatic heterocycles. The van der Waals surface area contributed by atoms with Crippen LogP contribution < -0.4 is 10.1 Å². The van der Waals surface area contributed by atoms with E-state index in [0.29, 0.717) is 16.4 Å². The maximum Gasteiger partial charge on any atom is 0.257 e. The van der Waals surface area contributed by atoms with E-state index in [1.54, 1.807) is 24.4 Å². The number of nitrogens with zero attached hydrogens (tertiary/aromatic N) is 1. The minimum absolute atomic E-state index is 0.0854. The lowest BCUT2D eigenvalue weighted by Crippen LogP contribution is -2.12. The van der Waals surface area contributed by atoms with Gasteiger partial charge in [-0.15, -0.1) is 11.3 Å². The molecule has 0 fully saturated rings. The quantitative estimate of drug-likeness (QED) is 0.920. The zero-order valence-corrected chi connectivity index (χ0v) is 11.0. The summed E-state index contributed by atoms with van der Waals surface area (Å²) >= 11 is 1.39. The van der Waals surface area contributed by atoms with Crippen molar-refractivity contribution >= 4 is 22.4 Å². The summed E-state index contributed by atoms with van der Waals surface area (Å²) < 4.78 is 5.55. The molecule has 1 heterocycles. The molecule has 1 N–H and O–H groups in total. The van der Waals surface area contributed by atoms with E-state index >= 15 is 0 Å². The Morgan fingerprint density at radius 3 is 2.94 bits per heavy atom. The number of amides is 1. The Morgan fingerprint density at radius 1 is 1.44 bits per heavy atom. The van der Waals surface area contributed by atoms with Crippen molar-refractivity contribution in [3.05, 3.63) is 41.4 Å². The molecular weight excluding hydrogens is 248 g/mol. The van der Waals surface area contributed by atoms with Crippen LogP contribution in [0.2, 0.25) is 0 Å². The predicted octanol–water partition coefficient (Wildman–Crippen LogP) is 3.18. The number of rotatable bonds is 4. The summed E-state index contributed by atoms with van der Waals surface area (Å²) in [5, 5.41) is 5.14.